The number of carbonyl (C=O) groups excluding carboxylic acids is 1. The van der Waals surface area contributed by atoms with Crippen LogP contribution >= 0.6 is 0 Å². The number of primary amides is 1. The second kappa shape index (κ2) is 8.18. The normalized spacial score (nSPS) is 12.9. The molecule has 3 rings (SSSR count). The van der Waals surface area contributed by atoms with Gasteiger partial charge in [0.25, 0.3) is 0 Å². The van der Waals surface area contributed by atoms with Gasteiger partial charge < -0.3 is 20.1 Å². The molecular weight excluding hydrogens is 375 g/mol. The van der Waals surface area contributed by atoms with Crippen LogP contribution in [0.2, 0.25) is 0 Å². The number of fused-ring (bicyclic) bond motifs is 1. The van der Waals surface area contributed by atoms with Crippen molar-refractivity contribution in [3.63, 3.8) is 0 Å². The number of carbonyl (C=O) groups is 1. The van der Waals surface area contributed by atoms with Crippen molar-refractivity contribution in [2.45, 2.75) is 45.5 Å². The third-order valence-electron chi connectivity index (χ3n) is 4.39. The Kier molecular flexibility index (Phi) is 5.86. The van der Waals surface area contributed by atoms with E-state index < -0.39 is 17.6 Å². The van der Waals surface area contributed by atoms with Gasteiger partial charge in [-0.25, -0.2) is 9.37 Å². The van der Waals surface area contributed by atoms with Crippen molar-refractivity contribution in [2.75, 3.05) is 0 Å². The topological polar surface area (TPSA) is 102 Å². The molecule has 0 saturated carbocycles. The van der Waals surface area contributed by atoms with Crippen LogP contribution in [0.25, 0.3) is 11.0 Å². The first-order valence-electron chi connectivity index (χ1n) is 9.30. The number of ether oxygens (including phenoxy) is 1. The summed E-state index contributed by atoms with van der Waals surface area (Å²) in [4.78, 5) is 15.9. The molecule has 1 aromatic heterocycles. The highest BCUT2D eigenvalue weighted by atomic mass is 19.1. The highest BCUT2D eigenvalue weighted by molar-refractivity contribution is 5.79. The van der Waals surface area contributed by atoms with Crippen LogP contribution in [0.1, 0.15) is 26.6 Å². The molecule has 3 aromatic rings. The van der Waals surface area contributed by atoms with E-state index in [0.29, 0.717) is 30.4 Å². The fraction of sp³-hybridized carbons (Fsp3) is 0.333. The second-order valence-electron chi connectivity index (χ2n) is 7.64. The largest absolute Gasteiger partial charge is 0.457 e. The van der Waals surface area contributed by atoms with E-state index in [1.807, 2.05) is 16.7 Å². The summed E-state index contributed by atoms with van der Waals surface area (Å²) in [5, 5.41) is 13.4. The average molecular weight is 400 g/mol. The summed E-state index contributed by atoms with van der Waals surface area (Å²) in [5.41, 5.74) is 5.83. The summed E-state index contributed by atoms with van der Waals surface area (Å²) in [7, 11) is 0. The molecule has 0 aliphatic carbocycles. The highest BCUT2D eigenvalue weighted by Gasteiger charge is 2.20. The fourth-order valence-corrected chi connectivity index (χ4v) is 2.90. The van der Waals surface area contributed by atoms with Crippen LogP contribution in [0, 0.1) is 5.82 Å². The van der Waals surface area contributed by atoms with Gasteiger partial charge in [0.2, 0.25) is 5.91 Å². The Balaban J connectivity index is 1.94. The van der Waals surface area contributed by atoms with Crippen molar-refractivity contribution >= 4 is 16.9 Å². The van der Waals surface area contributed by atoms with Crippen molar-refractivity contribution in [3.05, 3.63) is 54.1 Å². The van der Waals surface area contributed by atoms with Crippen LogP contribution in [0.3, 0.4) is 0 Å². The Bertz CT molecular complexity index is 1010. The van der Waals surface area contributed by atoms with Crippen molar-refractivity contribution in [1.29, 1.82) is 0 Å². The molecule has 1 amide bonds. The summed E-state index contributed by atoms with van der Waals surface area (Å²) < 4.78 is 20.8. The number of rotatable bonds is 8. The number of nitrogens with one attached hydrogen (secondary N) is 1. The number of aromatic nitrogens is 2. The molecule has 0 fully saturated rings. The van der Waals surface area contributed by atoms with Crippen LogP contribution in [0.15, 0.2) is 42.5 Å². The first kappa shape index (κ1) is 20.8. The standard InChI is InChI=1S/C21H25FN4O3/c1-13(20(23)27)24-11-19-25-17-9-8-16(29-15-6-4-14(22)5-7-15)10-18(17)26(19)12-21(2,3)28/h4-10,13,24,28H,11-12H2,1-3H3,(H2,23,27)/t13-/m0/s1. The lowest BCUT2D eigenvalue weighted by Crippen LogP contribution is -2.39. The molecule has 1 atom stereocenters. The number of benzene rings is 2. The molecule has 0 bridgehead atoms. The van der Waals surface area contributed by atoms with Crippen molar-refractivity contribution in [1.82, 2.24) is 14.9 Å². The van der Waals surface area contributed by atoms with Crippen LogP contribution in [0.5, 0.6) is 11.5 Å². The quantitative estimate of drug-likeness (QED) is 0.540. The van der Waals surface area contributed by atoms with Crippen LogP contribution < -0.4 is 15.8 Å². The Morgan fingerprint density at radius 2 is 1.93 bits per heavy atom. The van der Waals surface area contributed by atoms with E-state index in [2.05, 4.69) is 10.3 Å². The maximum absolute atomic E-state index is 13.1. The van der Waals surface area contributed by atoms with Gasteiger partial charge >= 0.3 is 0 Å². The molecule has 154 valence electrons. The van der Waals surface area contributed by atoms with Crippen molar-refractivity contribution in [2.24, 2.45) is 5.73 Å². The molecule has 29 heavy (non-hydrogen) atoms. The molecule has 0 unspecified atom stereocenters. The maximum atomic E-state index is 13.1. The molecular formula is C21H25FN4O3. The average Bonchev–Trinajstić information content (AvgIpc) is 2.97. The first-order valence-corrected chi connectivity index (χ1v) is 9.30. The summed E-state index contributed by atoms with van der Waals surface area (Å²) in [6.45, 7) is 5.70. The van der Waals surface area contributed by atoms with E-state index in [1.165, 1.54) is 12.1 Å². The number of nitrogens with zero attached hydrogens (tertiary/aromatic N) is 2. The van der Waals surface area contributed by atoms with Gasteiger partial charge in [-0.3, -0.25) is 10.1 Å². The van der Waals surface area contributed by atoms with E-state index in [-0.39, 0.29) is 5.82 Å². The number of aliphatic hydroxyl groups is 1. The molecule has 0 aliphatic heterocycles. The molecule has 0 radical (unpaired) electrons. The Hall–Kier alpha value is -2.97. The third-order valence-corrected chi connectivity index (χ3v) is 4.39. The molecule has 4 N–H and O–H groups in total. The van der Waals surface area contributed by atoms with Gasteiger partial charge in [-0.15, -0.1) is 0 Å². The Morgan fingerprint density at radius 3 is 2.55 bits per heavy atom. The number of nitrogens with two attached hydrogens (primary N) is 1. The lowest BCUT2D eigenvalue weighted by Gasteiger charge is -2.21. The van der Waals surface area contributed by atoms with Gasteiger partial charge in [-0.1, -0.05) is 0 Å². The van der Waals surface area contributed by atoms with Crippen molar-refractivity contribution < 1.29 is 19.0 Å². The monoisotopic (exact) mass is 400 g/mol. The van der Waals surface area contributed by atoms with Crippen LogP contribution in [-0.4, -0.2) is 32.2 Å². The number of hydrogen-bond acceptors (Lipinski definition) is 5. The van der Waals surface area contributed by atoms with Gasteiger partial charge in [0.1, 0.15) is 23.1 Å². The zero-order valence-electron chi connectivity index (χ0n) is 16.6. The number of hydrogen-bond donors (Lipinski definition) is 3. The van der Waals surface area contributed by atoms with Gasteiger partial charge in [0.05, 0.1) is 35.8 Å². The minimum absolute atomic E-state index is 0.297. The Labute approximate surface area is 168 Å². The maximum Gasteiger partial charge on any atom is 0.234 e. The van der Waals surface area contributed by atoms with Crippen LogP contribution in [-0.2, 0) is 17.9 Å². The molecule has 1 heterocycles. The number of imidazole rings is 1. The predicted molar refractivity (Wildman–Crippen MR) is 108 cm³/mol. The zero-order valence-corrected chi connectivity index (χ0v) is 16.6. The summed E-state index contributed by atoms with van der Waals surface area (Å²) in [5.74, 6) is 0.945. The van der Waals surface area contributed by atoms with E-state index in [9.17, 15) is 14.3 Å². The predicted octanol–water partition coefficient (Wildman–Crippen LogP) is 2.70. The first-order chi connectivity index (χ1) is 13.6. The Morgan fingerprint density at radius 1 is 1.28 bits per heavy atom. The lowest BCUT2D eigenvalue weighted by molar-refractivity contribution is -0.119. The fourth-order valence-electron chi connectivity index (χ4n) is 2.90. The summed E-state index contributed by atoms with van der Waals surface area (Å²) in [6, 6.07) is 10.7. The molecule has 0 aliphatic rings. The smallest absolute Gasteiger partial charge is 0.234 e. The van der Waals surface area contributed by atoms with Crippen LogP contribution in [0.4, 0.5) is 4.39 Å². The highest BCUT2D eigenvalue weighted by Crippen LogP contribution is 2.27. The minimum Gasteiger partial charge on any atom is -0.457 e. The third kappa shape index (κ3) is 5.30. The van der Waals surface area contributed by atoms with E-state index in [4.69, 9.17) is 10.5 Å². The summed E-state index contributed by atoms with van der Waals surface area (Å²) >= 11 is 0. The minimum atomic E-state index is -0.981. The van der Waals surface area contributed by atoms with Crippen molar-refractivity contribution in [3.8, 4) is 11.5 Å². The van der Waals surface area contributed by atoms with Gasteiger partial charge in [-0.2, -0.15) is 0 Å². The van der Waals surface area contributed by atoms with Gasteiger partial charge in [0, 0.05) is 6.07 Å². The number of amides is 1. The van der Waals surface area contributed by atoms with Gasteiger partial charge in [0.15, 0.2) is 0 Å². The SMILES string of the molecule is C[C@H](NCc1nc2ccc(Oc3ccc(F)cc3)cc2n1CC(C)(C)O)C(N)=O. The van der Waals surface area contributed by atoms with E-state index in [0.717, 1.165) is 11.0 Å². The molecule has 8 heteroatoms. The lowest BCUT2D eigenvalue weighted by atomic mass is 10.1. The second-order valence-corrected chi connectivity index (χ2v) is 7.64. The molecule has 0 spiro atoms. The molecule has 0 saturated heterocycles. The zero-order chi connectivity index (χ0) is 21.2. The summed E-state index contributed by atoms with van der Waals surface area (Å²) in [6.07, 6.45) is 0. The molecule has 7 nitrogen and oxygen atoms in total. The molecule has 2 aromatic carbocycles. The van der Waals surface area contributed by atoms with Gasteiger partial charge in [-0.05, 0) is 57.2 Å². The van der Waals surface area contributed by atoms with E-state index in [1.54, 1.807) is 39.0 Å². The number of halogens is 1. The van der Waals surface area contributed by atoms with E-state index >= 15 is 0 Å².